The summed E-state index contributed by atoms with van der Waals surface area (Å²) in [4.78, 5) is 3.39. The van der Waals surface area contributed by atoms with Gasteiger partial charge in [0.25, 0.3) is 0 Å². The highest BCUT2D eigenvalue weighted by Gasteiger charge is 2.08. The van der Waals surface area contributed by atoms with Crippen LogP contribution < -0.4 is 0 Å². The highest BCUT2D eigenvalue weighted by Crippen LogP contribution is 2.16. The highest BCUT2D eigenvalue weighted by atomic mass is 19.1. The zero-order valence-electron chi connectivity index (χ0n) is 6.99. The predicted molar refractivity (Wildman–Crippen MR) is 43.6 cm³/mol. The molecule has 0 saturated heterocycles. The van der Waals surface area contributed by atoms with Crippen molar-refractivity contribution in [1.29, 1.82) is 0 Å². The second-order valence-corrected chi connectivity index (χ2v) is 2.67. The van der Waals surface area contributed by atoms with Crippen LogP contribution in [0.4, 0.5) is 8.78 Å². The Morgan fingerprint density at radius 1 is 1.50 bits per heavy atom. The third kappa shape index (κ3) is 1.49. The molecule has 1 nitrogen and oxygen atoms in total. The van der Waals surface area contributed by atoms with Gasteiger partial charge in [0.05, 0.1) is 5.69 Å². The summed E-state index contributed by atoms with van der Waals surface area (Å²) < 4.78 is 25.8. The Balaban J connectivity index is 3.33. The molecule has 0 radical (unpaired) electrons. The number of pyridine rings is 1. The van der Waals surface area contributed by atoms with Gasteiger partial charge in [0, 0.05) is 5.56 Å². The monoisotopic (exact) mass is 169 g/mol. The van der Waals surface area contributed by atoms with E-state index in [1.54, 1.807) is 6.92 Å². The first-order valence-electron chi connectivity index (χ1n) is 3.51. The lowest BCUT2D eigenvalue weighted by Crippen LogP contribution is -1.97. The average molecular weight is 169 g/mol. The van der Waals surface area contributed by atoms with Crippen LogP contribution in [0.3, 0.4) is 0 Å². The molecule has 0 spiro atoms. The van der Waals surface area contributed by atoms with Crippen LogP contribution in [-0.4, -0.2) is 4.98 Å². The van der Waals surface area contributed by atoms with Gasteiger partial charge in [0.1, 0.15) is 5.82 Å². The molecule has 1 rings (SSSR count). The minimum Gasteiger partial charge on any atom is -0.222 e. The molecule has 64 valence electrons. The number of aryl methyl sites for hydroxylation is 1. The molecule has 0 aliphatic rings. The third-order valence-electron chi connectivity index (χ3n) is 1.56. The van der Waals surface area contributed by atoms with Gasteiger partial charge in [0.2, 0.25) is 5.95 Å². The largest absolute Gasteiger partial charge is 0.222 e. The molecular weight excluding hydrogens is 160 g/mol. The molecule has 0 bridgehead atoms. The predicted octanol–water partition coefficient (Wildman–Crippen LogP) is 2.70. The second-order valence-electron chi connectivity index (χ2n) is 2.67. The van der Waals surface area contributed by atoms with Crippen molar-refractivity contribution in [3.8, 4) is 0 Å². The van der Waals surface area contributed by atoms with Crippen molar-refractivity contribution < 1.29 is 8.78 Å². The number of hydrogen-bond donors (Lipinski definition) is 0. The zero-order chi connectivity index (χ0) is 9.30. The van der Waals surface area contributed by atoms with Crippen molar-refractivity contribution in [3.63, 3.8) is 0 Å². The molecule has 3 heteroatoms. The van der Waals surface area contributed by atoms with Gasteiger partial charge in [-0.15, -0.1) is 0 Å². The molecule has 1 heterocycles. The number of allylic oxidation sites excluding steroid dienone is 1. The summed E-state index contributed by atoms with van der Waals surface area (Å²) in [5, 5.41) is 0. The Morgan fingerprint density at radius 3 is 2.58 bits per heavy atom. The van der Waals surface area contributed by atoms with E-state index in [1.807, 2.05) is 0 Å². The molecule has 0 fully saturated rings. The van der Waals surface area contributed by atoms with Crippen LogP contribution in [-0.2, 0) is 0 Å². The Hall–Kier alpha value is -1.25. The van der Waals surface area contributed by atoms with Crippen LogP contribution in [0, 0.1) is 18.7 Å². The molecule has 0 saturated carbocycles. The van der Waals surface area contributed by atoms with Crippen molar-refractivity contribution in [2.45, 2.75) is 13.8 Å². The van der Waals surface area contributed by atoms with Gasteiger partial charge in [-0.05, 0) is 25.5 Å². The fourth-order valence-electron chi connectivity index (χ4n) is 0.851. The van der Waals surface area contributed by atoms with Crippen LogP contribution in [0.25, 0.3) is 5.57 Å². The molecule has 0 unspecified atom stereocenters. The van der Waals surface area contributed by atoms with Crippen LogP contribution in [0.1, 0.15) is 18.2 Å². The highest BCUT2D eigenvalue weighted by molar-refractivity contribution is 5.60. The summed E-state index contributed by atoms with van der Waals surface area (Å²) in [7, 11) is 0. The molecular formula is C9H9F2N. The molecule has 12 heavy (non-hydrogen) atoms. The summed E-state index contributed by atoms with van der Waals surface area (Å²) in [5.41, 5.74) is 0.675. The van der Waals surface area contributed by atoms with Gasteiger partial charge in [-0.1, -0.05) is 6.58 Å². The van der Waals surface area contributed by atoms with Crippen LogP contribution in [0.15, 0.2) is 12.6 Å². The van der Waals surface area contributed by atoms with Gasteiger partial charge in [-0.3, -0.25) is 0 Å². The lowest BCUT2D eigenvalue weighted by Gasteiger charge is -2.02. The fourth-order valence-corrected chi connectivity index (χ4v) is 0.851. The standard InChI is InChI=1S/C9H9F2N/c1-5(2)7-4-8(10)6(3)12-9(7)11/h4H,1H2,2-3H3. The maximum atomic E-state index is 12.9. The van der Waals surface area contributed by atoms with Crippen LogP contribution >= 0.6 is 0 Å². The van der Waals surface area contributed by atoms with E-state index in [-0.39, 0.29) is 11.3 Å². The Bertz CT molecular complexity index is 332. The van der Waals surface area contributed by atoms with E-state index in [4.69, 9.17) is 0 Å². The minimum absolute atomic E-state index is 0.0671. The maximum absolute atomic E-state index is 12.9. The number of hydrogen-bond acceptors (Lipinski definition) is 1. The van der Waals surface area contributed by atoms with Crippen molar-refractivity contribution in [3.05, 3.63) is 35.7 Å². The molecule has 0 aromatic carbocycles. The molecule has 0 atom stereocenters. The lowest BCUT2D eigenvalue weighted by atomic mass is 10.1. The minimum atomic E-state index is -0.665. The average Bonchev–Trinajstić information content (AvgIpc) is 1.96. The van der Waals surface area contributed by atoms with Gasteiger partial charge < -0.3 is 0 Å². The van der Waals surface area contributed by atoms with E-state index in [0.717, 1.165) is 6.07 Å². The van der Waals surface area contributed by atoms with E-state index >= 15 is 0 Å². The van der Waals surface area contributed by atoms with E-state index in [1.165, 1.54) is 6.92 Å². The van der Waals surface area contributed by atoms with E-state index in [2.05, 4.69) is 11.6 Å². The van der Waals surface area contributed by atoms with Gasteiger partial charge in [-0.2, -0.15) is 4.39 Å². The number of nitrogens with zero attached hydrogens (tertiary/aromatic N) is 1. The van der Waals surface area contributed by atoms with Crippen molar-refractivity contribution in [1.82, 2.24) is 4.98 Å². The number of rotatable bonds is 1. The zero-order valence-corrected chi connectivity index (χ0v) is 6.99. The SMILES string of the molecule is C=C(C)c1cc(F)c(C)nc1F. The molecule has 1 aromatic rings. The normalized spacial score (nSPS) is 10.0. The first-order chi connectivity index (χ1) is 5.52. The van der Waals surface area contributed by atoms with Crippen LogP contribution in [0.5, 0.6) is 0 Å². The summed E-state index contributed by atoms with van der Waals surface area (Å²) in [6, 6.07) is 1.11. The van der Waals surface area contributed by atoms with E-state index < -0.39 is 11.8 Å². The van der Waals surface area contributed by atoms with Crippen LogP contribution in [0.2, 0.25) is 0 Å². The molecule has 0 aliphatic heterocycles. The summed E-state index contributed by atoms with van der Waals surface area (Å²) in [5.74, 6) is -1.17. The Morgan fingerprint density at radius 2 is 2.08 bits per heavy atom. The maximum Gasteiger partial charge on any atom is 0.220 e. The molecule has 0 amide bonds. The van der Waals surface area contributed by atoms with Crippen molar-refractivity contribution >= 4 is 5.57 Å². The summed E-state index contributed by atoms with van der Waals surface area (Å²) in [6.45, 7) is 6.53. The van der Waals surface area contributed by atoms with Gasteiger partial charge >= 0.3 is 0 Å². The molecule has 0 N–H and O–H groups in total. The van der Waals surface area contributed by atoms with Crippen molar-refractivity contribution in [2.24, 2.45) is 0 Å². The summed E-state index contributed by atoms with van der Waals surface area (Å²) >= 11 is 0. The topological polar surface area (TPSA) is 12.9 Å². The Labute approximate surface area is 69.8 Å². The van der Waals surface area contributed by atoms with E-state index in [9.17, 15) is 8.78 Å². The van der Waals surface area contributed by atoms with Crippen molar-refractivity contribution in [2.75, 3.05) is 0 Å². The Kier molecular flexibility index (Phi) is 2.22. The number of halogens is 2. The summed E-state index contributed by atoms with van der Waals surface area (Å²) in [6.07, 6.45) is 0. The number of aromatic nitrogens is 1. The molecule has 1 aromatic heterocycles. The fraction of sp³-hybridized carbons (Fsp3) is 0.222. The molecule has 0 aliphatic carbocycles. The second kappa shape index (κ2) is 3.01. The quantitative estimate of drug-likeness (QED) is 0.589. The smallest absolute Gasteiger partial charge is 0.220 e. The lowest BCUT2D eigenvalue weighted by molar-refractivity contribution is 0.547. The van der Waals surface area contributed by atoms with Gasteiger partial charge in [0.15, 0.2) is 0 Å². The first kappa shape index (κ1) is 8.84. The van der Waals surface area contributed by atoms with E-state index in [0.29, 0.717) is 5.57 Å². The third-order valence-corrected chi connectivity index (χ3v) is 1.56. The van der Waals surface area contributed by atoms with Gasteiger partial charge in [-0.25, -0.2) is 9.37 Å². The first-order valence-corrected chi connectivity index (χ1v) is 3.51.